The Bertz CT molecular complexity index is 867. The van der Waals surface area contributed by atoms with Gasteiger partial charge in [-0.15, -0.1) is 0 Å². The second-order valence-corrected chi connectivity index (χ2v) is 6.34. The Morgan fingerprint density at radius 2 is 1.81 bits per heavy atom. The average molecular weight is 369 g/mol. The molecule has 2 aromatic rings. The zero-order chi connectivity index (χ0) is 19.4. The molecule has 1 fully saturated rings. The SMILES string of the molecule is CCc1ccccc1N1CC(C(=O)NNC(=O)c2ccc(F)cc2)CC1=O. The van der Waals surface area contributed by atoms with Gasteiger partial charge in [-0.1, -0.05) is 25.1 Å². The summed E-state index contributed by atoms with van der Waals surface area (Å²) in [6.07, 6.45) is 0.862. The Labute approximate surface area is 156 Å². The number of para-hydroxylation sites is 1. The van der Waals surface area contributed by atoms with Crippen molar-refractivity contribution in [3.05, 3.63) is 65.5 Å². The molecule has 3 amide bonds. The summed E-state index contributed by atoms with van der Waals surface area (Å²) in [6, 6.07) is 12.6. The number of amides is 3. The molecule has 140 valence electrons. The van der Waals surface area contributed by atoms with E-state index in [1.54, 1.807) is 4.90 Å². The van der Waals surface area contributed by atoms with E-state index in [4.69, 9.17) is 0 Å². The minimum absolute atomic E-state index is 0.0797. The number of carbonyl (C=O) groups excluding carboxylic acids is 3. The molecule has 6 nitrogen and oxygen atoms in total. The fraction of sp³-hybridized carbons (Fsp3) is 0.250. The summed E-state index contributed by atoms with van der Waals surface area (Å²) in [5.41, 5.74) is 6.72. The highest BCUT2D eigenvalue weighted by atomic mass is 19.1. The Hall–Kier alpha value is -3.22. The Morgan fingerprint density at radius 1 is 1.11 bits per heavy atom. The van der Waals surface area contributed by atoms with Crippen molar-refractivity contribution in [2.24, 2.45) is 5.92 Å². The van der Waals surface area contributed by atoms with Gasteiger partial charge in [0.05, 0.1) is 5.92 Å². The molecule has 0 bridgehead atoms. The van der Waals surface area contributed by atoms with Crippen molar-refractivity contribution in [1.82, 2.24) is 10.9 Å². The Morgan fingerprint density at radius 3 is 2.52 bits per heavy atom. The number of hydrogen-bond donors (Lipinski definition) is 2. The number of carbonyl (C=O) groups is 3. The zero-order valence-corrected chi connectivity index (χ0v) is 14.9. The number of hydrogen-bond acceptors (Lipinski definition) is 3. The number of halogens is 1. The van der Waals surface area contributed by atoms with Crippen LogP contribution in [0.2, 0.25) is 0 Å². The number of rotatable bonds is 4. The van der Waals surface area contributed by atoms with Crippen LogP contribution in [0.3, 0.4) is 0 Å². The molecule has 1 saturated heterocycles. The number of anilines is 1. The summed E-state index contributed by atoms with van der Waals surface area (Å²) in [7, 11) is 0. The van der Waals surface area contributed by atoms with Crippen LogP contribution in [0.4, 0.5) is 10.1 Å². The second kappa shape index (κ2) is 7.99. The van der Waals surface area contributed by atoms with E-state index in [1.807, 2.05) is 31.2 Å². The molecule has 1 heterocycles. The number of aryl methyl sites for hydroxylation is 1. The fourth-order valence-electron chi connectivity index (χ4n) is 3.08. The molecule has 1 unspecified atom stereocenters. The highest BCUT2D eigenvalue weighted by molar-refractivity contribution is 6.01. The van der Waals surface area contributed by atoms with Gasteiger partial charge in [-0.2, -0.15) is 0 Å². The monoisotopic (exact) mass is 369 g/mol. The molecule has 0 aromatic heterocycles. The summed E-state index contributed by atoms with van der Waals surface area (Å²) in [5.74, 6) is -2.12. The van der Waals surface area contributed by atoms with Crippen LogP contribution in [0.25, 0.3) is 0 Å². The highest BCUT2D eigenvalue weighted by Crippen LogP contribution is 2.28. The first kappa shape index (κ1) is 18.6. The lowest BCUT2D eigenvalue weighted by atomic mass is 10.1. The molecule has 2 aromatic carbocycles. The Balaban J connectivity index is 1.60. The topological polar surface area (TPSA) is 78.5 Å². The molecule has 0 radical (unpaired) electrons. The van der Waals surface area contributed by atoms with Crippen LogP contribution in [0, 0.1) is 11.7 Å². The highest BCUT2D eigenvalue weighted by Gasteiger charge is 2.35. The van der Waals surface area contributed by atoms with E-state index < -0.39 is 23.5 Å². The third-order valence-corrected chi connectivity index (χ3v) is 4.56. The molecule has 7 heteroatoms. The zero-order valence-electron chi connectivity index (χ0n) is 14.9. The number of nitrogens with one attached hydrogen (secondary N) is 2. The lowest BCUT2D eigenvalue weighted by molar-refractivity contribution is -0.126. The summed E-state index contributed by atoms with van der Waals surface area (Å²) < 4.78 is 12.9. The molecule has 0 spiro atoms. The predicted molar refractivity (Wildman–Crippen MR) is 98.3 cm³/mol. The van der Waals surface area contributed by atoms with Crippen LogP contribution in [0.15, 0.2) is 48.5 Å². The summed E-state index contributed by atoms with van der Waals surface area (Å²) in [4.78, 5) is 38.3. The van der Waals surface area contributed by atoms with Crippen LogP contribution in [0.5, 0.6) is 0 Å². The van der Waals surface area contributed by atoms with E-state index >= 15 is 0 Å². The van der Waals surface area contributed by atoms with Crippen molar-refractivity contribution in [2.45, 2.75) is 19.8 Å². The van der Waals surface area contributed by atoms with E-state index in [0.717, 1.165) is 29.8 Å². The third-order valence-electron chi connectivity index (χ3n) is 4.56. The van der Waals surface area contributed by atoms with Crippen molar-refractivity contribution in [3.63, 3.8) is 0 Å². The van der Waals surface area contributed by atoms with E-state index in [9.17, 15) is 18.8 Å². The second-order valence-electron chi connectivity index (χ2n) is 6.34. The van der Waals surface area contributed by atoms with Crippen molar-refractivity contribution in [3.8, 4) is 0 Å². The van der Waals surface area contributed by atoms with Crippen LogP contribution >= 0.6 is 0 Å². The Kier molecular flexibility index (Phi) is 5.49. The fourth-order valence-corrected chi connectivity index (χ4v) is 3.08. The third kappa shape index (κ3) is 4.13. The molecule has 1 atom stereocenters. The maximum Gasteiger partial charge on any atom is 0.269 e. The molecule has 0 saturated carbocycles. The quantitative estimate of drug-likeness (QED) is 0.811. The minimum atomic E-state index is -0.559. The number of hydrazine groups is 1. The van der Waals surface area contributed by atoms with Gasteiger partial charge in [0.1, 0.15) is 5.82 Å². The first-order chi connectivity index (χ1) is 13.0. The van der Waals surface area contributed by atoms with E-state index in [1.165, 1.54) is 12.1 Å². The van der Waals surface area contributed by atoms with Gasteiger partial charge in [0.2, 0.25) is 11.8 Å². The van der Waals surface area contributed by atoms with Gasteiger partial charge in [0.25, 0.3) is 5.91 Å². The normalized spacial score (nSPS) is 16.3. The molecule has 1 aliphatic rings. The molecule has 2 N–H and O–H groups in total. The van der Waals surface area contributed by atoms with Crippen LogP contribution in [-0.4, -0.2) is 24.3 Å². The predicted octanol–water partition coefficient (Wildman–Crippen LogP) is 2.20. The van der Waals surface area contributed by atoms with E-state index in [2.05, 4.69) is 10.9 Å². The van der Waals surface area contributed by atoms with Gasteiger partial charge in [-0.3, -0.25) is 25.2 Å². The first-order valence-electron chi connectivity index (χ1n) is 8.73. The average Bonchev–Trinajstić information content (AvgIpc) is 3.08. The summed E-state index contributed by atoms with van der Waals surface area (Å²) in [5, 5.41) is 0. The van der Waals surface area contributed by atoms with E-state index in [-0.39, 0.29) is 24.4 Å². The van der Waals surface area contributed by atoms with Gasteiger partial charge in [-0.25, -0.2) is 4.39 Å². The van der Waals surface area contributed by atoms with Crippen molar-refractivity contribution in [1.29, 1.82) is 0 Å². The van der Waals surface area contributed by atoms with Crippen LogP contribution < -0.4 is 15.8 Å². The van der Waals surface area contributed by atoms with Gasteiger partial charge < -0.3 is 4.90 Å². The summed E-state index contributed by atoms with van der Waals surface area (Å²) >= 11 is 0. The molecular formula is C20H20FN3O3. The molecule has 27 heavy (non-hydrogen) atoms. The van der Waals surface area contributed by atoms with E-state index in [0.29, 0.717) is 0 Å². The molecule has 1 aliphatic heterocycles. The van der Waals surface area contributed by atoms with Crippen LogP contribution in [0.1, 0.15) is 29.3 Å². The maximum atomic E-state index is 12.9. The largest absolute Gasteiger partial charge is 0.311 e. The van der Waals surface area contributed by atoms with Crippen molar-refractivity contribution >= 4 is 23.4 Å². The molecule has 0 aliphatic carbocycles. The van der Waals surface area contributed by atoms with Crippen molar-refractivity contribution < 1.29 is 18.8 Å². The van der Waals surface area contributed by atoms with Gasteiger partial charge >= 0.3 is 0 Å². The maximum absolute atomic E-state index is 12.9. The number of nitrogens with zero attached hydrogens (tertiary/aromatic N) is 1. The number of benzene rings is 2. The van der Waals surface area contributed by atoms with Gasteiger partial charge in [-0.05, 0) is 42.3 Å². The lowest BCUT2D eigenvalue weighted by Crippen LogP contribution is -2.45. The van der Waals surface area contributed by atoms with Crippen LogP contribution in [-0.2, 0) is 16.0 Å². The smallest absolute Gasteiger partial charge is 0.269 e. The standard InChI is InChI=1S/C20H20FN3O3/c1-2-13-5-3-4-6-17(13)24-12-15(11-18(24)25)20(27)23-22-19(26)14-7-9-16(21)10-8-14/h3-10,15H,2,11-12H2,1H3,(H,22,26)(H,23,27). The molecular weight excluding hydrogens is 349 g/mol. The van der Waals surface area contributed by atoms with Crippen molar-refractivity contribution in [2.75, 3.05) is 11.4 Å². The minimum Gasteiger partial charge on any atom is -0.311 e. The van der Waals surface area contributed by atoms with Gasteiger partial charge in [0.15, 0.2) is 0 Å². The molecule has 3 rings (SSSR count). The lowest BCUT2D eigenvalue weighted by Gasteiger charge is -2.20. The summed E-state index contributed by atoms with van der Waals surface area (Å²) in [6.45, 7) is 2.27. The first-order valence-corrected chi connectivity index (χ1v) is 8.73. The van der Waals surface area contributed by atoms with Gasteiger partial charge in [0, 0.05) is 24.2 Å².